The van der Waals surface area contributed by atoms with Crippen LogP contribution in [0.5, 0.6) is 0 Å². The van der Waals surface area contributed by atoms with Gasteiger partial charge in [-0.05, 0) is 12.1 Å². The van der Waals surface area contributed by atoms with Gasteiger partial charge in [0.15, 0.2) is 5.82 Å². The summed E-state index contributed by atoms with van der Waals surface area (Å²) in [7, 11) is -0.205. The monoisotopic (exact) mass is 480 g/mol. The summed E-state index contributed by atoms with van der Waals surface area (Å²) in [5.74, 6) is 0.882. The molecule has 1 aliphatic heterocycles. The van der Waals surface area contributed by atoms with E-state index in [9.17, 15) is 8.42 Å². The van der Waals surface area contributed by atoms with Crippen molar-refractivity contribution in [2.24, 2.45) is 7.05 Å². The number of nitrogens with zero attached hydrogens (tertiary/aromatic N) is 7. The van der Waals surface area contributed by atoms with Gasteiger partial charge in [0, 0.05) is 94.6 Å². The summed E-state index contributed by atoms with van der Waals surface area (Å²) >= 11 is 0. The summed E-state index contributed by atoms with van der Waals surface area (Å²) in [6, 6.07) is 8.23. The molecule has 0 amide bonds. The Hall–Kier alpha value is -3.28. The van der Waals surface area contributed by atoms with Crippen LogP contribution in [-0.2, 0) is 17.1 Å². The number of hydrogen-bond acceptors (Lipinski definition) is 7. The molecule has 1 saturated heterocycles. The largest absolute Gasteiger partial charge is 0.361 e. The van der Waals surface area contributed by atoms with Gasteiger partial charge in [-0.15, -0.1) is 0 Å². The number of hydrogen-bond donors (Lipinski definition) is 1. The third-order valence-corrected chi connectivity index (χ3v) is 8.13. The number of aromatic amines is 1. The second kappa shape index (κ2) is 9.16. The van der Waals surface area contributed by atoms with E-state index in [4.69, 9.17) is 0 Å². The molecule has 1 aliphatic rings. The van der Waals surface area contributed by atoms with E-state index in [1.807, 2.05) is 12.3 Å². The van der Waals surface area contributed by atoms with Crippen molar-refractivity contribution in [3.63, 3.8) is 0 Å². The molecular weight excluding hydrogens is 452 g/mol. The zero-order valence-electron chi connectivity index (χ0n) is 19.3. The predicted octanol–water partition coefficient (Wildman–Crippen LogP) is 1.80. The van der Waals surface area contributed by atoms with Gasteiger partial charge in [0.2, 0.25) is 10.0 Å². The predicted molar refractivity (Wildman–Crippen MR) is 131 cm³/mol. The van der Waals surface area contributed by atoms with Crippen molar-refractivity contribution < 1.29 is 8.42 Å². The van der Waals surface area contributed by atoms with E-state index in [0.717, 1.165) is 54.2 Å². The molecule has 0 unspecified atom stereocenters. The van der Waals surface area contributed by atoms with Crippen LogP contribution < -0.4 is 4.90 Å². The maximum absolute atomic E-state index is 12.7. The fourth-order valence-corrected chi connectivity index (χ4v) is 5.49. The molecule has 0 aliphatic carbocycles. The Morgan fingerprint density at radius 2 is 1.88 bits per heavy atom. The molecule has 0 bridgehead atoms. The SMILES string of the molecule is CN(CCN1CCN(c2nccnc2-c2cccc3[nH]ccc23)CC1)S(=O)(=O)c1cnn(C)c1. The van der Waals surface area contributed by atoms with Crippen LogP contribution in [0.4, 0.5) is 5.82 Å². The summed E-state index contributed by atoms with van der Waals surface area (Å²) in [6.07, 6.45) is 8.32. The smallest absolute Gasteiger partial charge is 0.245 e. The topological polar surface area (TPSA) is 103 Å². The highest BCUT2D eigenvalue weighted by atomic mass is 32.2. The first-order chi connectivity index (χ1) is 16.4. The summed E-state index contributed by atoms with van der Waals surface area (Å²) in [4.78, 5) is 17.4. The minimum absolute atomic E-state index is 0.218. The van der Waals surface area contributed by atoms with Gasteiger partial charge in [-0.1, -0.05) is 12.1 Å². The van der Waals surface area contributed by atoms with Crippen molar-refractivity contribution in [1.82, 2.24) is 33.9 Å². The van der Waals surface area contributed by atoms with Crippen molar-refractivity contribution in [2.75, 3.05) is 51.2 Å². The number of fused-ring (bicyclic) bond motifs is 1. The molecule has 3 aromatic heterocycles. The molecule has 0 saturated carbocycles. The van der Waals surface area contributed by atoms with Gasteiger partial charge in [-0.3, -0.25) is 14.6 Å². The number of aryl methyl sites for hydroxylation is 1. The Morgan fingerprint density at radius 3 is 2.65 bits per heavy atom. The molecule has 0 spiro atoms. The standard InChI is InChI=1S/C23H28N8O2S/c1-28-17-18(16-27-28)34(32,33)29(2)10-11-30-12-14-31(15-13-30)23-22(25-8-9-26-23)20-4-3-5-21-19(20)6-7-24-21/h3-9,16-17,24H,10-15H2,1-2H3. The number of nitrogens with one attached hydrogen (secondary N) is 1. The van der Waals surface area contributed by atoms with Crippen molar-refractivity contribution in [3.05, 3.63) is 55.2 Å². The van der Waals surface area contributed by atoms with E-state index in [2.05, 4.69) is 48.0 Å². The minimum atomic E-state index is -3.53. The second-order valence-corrected chi connectivity index (χ2v) is 10.5. The molecule has 1 fully saturated rings. The van der Waals surface area contributed by atoms with Crippen molar-refractivity contribution in [1.29, 1.82) is 0 Å². The fraction of sp³-hybridized carbons (Fsp3) is 0.348. The second-order valence-electron chi connectivity index (χ2n) is 8.48. The van der Waals surface area contributed by atoms with Gasteiger partial charge >= 0.3 is 0 Å². The van der Waals surface area contributed by atoms with Crippen molar-refractivity contribution >= 4 is 26.7 Å². The maximum atomic E-state index is 12.7. The van der Waals surface area contributed by atoms with Crippen LogP contribution in [0.25, 0.3) is 22.2 Å². The minimum Gasteiger partial charge on any atom is -0.361 e. The molecule has 0 radical (unpaired) electrons. The Kier molecular flexibility index (Phi) is 6.07. The van der Waals surface area contributed by atoms with E-state index in [1.54, 1.807) is 26.5 Å². The third kappa shape index (κ3) is 4.29. The normalized spacial score (nSPS) is 15.4. The zero-order valence-corrected chi connectivity index (χ0v) is 20.1. The molecule has 0 atom stereocenters. The lowest BCUT2D eigenvalue weighted by Gasteiger charge is -2.36. The molecule has 178 valence electrons. The average molecular weight is 481 g/mol. The summed E-state index contributed by atoms with van der Waals surface area (Å²) in [6.45, 7) is 4.33. The number of H-pyrrole nitrogens is 1. The highest BCUT2D eigenvalue weighted by Gasteiger charge is 2.25. The number of benzene rings is 1. The number of anilines is 1. The van der Waals surface area contributed by atoms with Gasteiger partial charge in [-0.25, -0.2) is 13.4 Å². The van der Waals surface area contributed by atoms with Gasteiger partial charge in [-0.2, -0.15) is 9.40 Å². The number of sulfonamides is 1. The van der Waals surface area contributed by atoms with E-state index in [-0.39, 0.29) is 4.90 Å². The summed E-state index contributed by atoms with van der Waals surface area (Å²) in [5.41, 5.74) is 3.01. The molecular formula is C23H28N8O2S. The Labute approximate surface area is 198 Å². The van der Waals surface area contributed by atoms with Gasteiger partial charge in [0.25, 0.3) is 0 Å². The average Bonchev–Trinajstić information content (AvgIpc) is 3.52. The molecule has 1 aromatic carbocycles. The van der Waals surface area contributed by atoms with E-state index in [1.165, 1.54) is 21.4 Å². The number of piperazine rings is 1. The highest BCUT2D eigenvalue weighted by molar-refractivity contribution is 7.89. The molecule has 4 heterocycles. The van der Waals surface area contributed by atoms with Crippen LogP contribution >= 0.6 is 0 Å². The van der Waals surface area contributed by atoms with E-state index >= 15 is 0 Å². The van der Waals surface area contributed by atoms with Crippen LogP contribution in [-0.4, -0.2) is 88.7 Å². The van der Waals surface area contributed by atoms with Gasteiger partial charge in [0.1, 0.15) is 10.6 Å². The van der Waals surface area contributed by atoms with Gasteiger partial charge in [0.05, 0.1) is 6.20 Å². The van der Waals surface area contributed by atoms with Crippen LogP contribution in [0.3, 0.4) is 0 Å². The Balaban J connectivity index is 1.24. The van der Waals surface area contributed by atoms with Crippen LogP contribution in [0.2, 0.25) is 0 Å². The summed E-state index contributed by atoms with van der Waals surface area (Å²) in [5, 5.41) is 5.10. The lowest BCUT2D eigenvalue weighted by Crippen LogP contribution is -2.49. The number of aromatic nitrogens is 5. The maximum Gasteiger partial charge on any atom is 0.245 e. The molecule has 5 rings (SSSR count). The van der Waals surface area contributed by atoms with Crippen molar-refractivity contribution in [3.8, 4) is 11.3 Å². The quantitative estimate of drug-likeness (QED) is 0.430. The Bertz CT molecular complexity index is 1390. The summed E-state index contributed by atoms with van der Waals surface area (Å²) < 4.78 is 28.4. The fourth-order valence-electron chi connectivity index (χ4n) is 4.34. The molecule has 4 aromatic rings. The van der Waals surface area contributed by atoms with Crippen molar-refractivity contribution in [2.45, 2.75) is 4.90 Å². The first kappa shape index (κ1) is 22.5. The number of rotatable bonds is 7. The molecule has 34 heavy (non-hydrogen) atoms. The Morgan fingerprint density at radius 1 is 1.09 bits per heavy atom. The van der Waals surface area contributed by atoms with E-state index < -0.39 is 10.0 Å². The third-order valence-electron chi connectivity index (χ3n) is 6.32. The molecule has 1 N–H and O–H groups in total. The first-order valence-corrected chi connectivity index (χ1v) is 12.7. The first-order valence-electron chi connectivity index (χ1n) is 11.2. The molecule has 11 heteroatoms. The van der Waals surface area contributed by atoms with Crippen LogP contribution in [0, 0.1) is 0 Å². The van der Waals surface area contributed by atoms with E-state index in [0.29, 0.717) is 13.1 Å². The lowest BCUT2D eigenvalue weighted by molar-refractivity contribution is 0.243. The van der Waals surface area contributed by atoms with Crippen LogP contribution in [0.1, 0.15) is 0 Å². The van der Waals surface area contributed by atoms with Gasteiger partial charge < -0.3 is 9.88 Å². The van der Waals surface area contributed by atoms with Crippen LogP contribution in [0.15, 0.2) is 60.1 Å². The zero-order chi connectivity index (χ0) is 23.7. The highest BCUT2D eigenvalue weighted by Crippen LogP contribution is 2.32. The lowest BCUT2D eigenvalue weighted by atomic mass is 10.1. The number of likely N-dealkylation sites (N-methyl/N-ethyl adjacent to an activating group) is 1. The molecule has 10 nitrogen and oxygen atoms in total.